The van der Waals surface area contributed by atoms with Crippen molar-refractivity contribution in [3.63, 3.8) is 0 Å². The van der Waals surface area contributed by atoms with Crippen LogP contribution in [0.15, 0.2) is 0 Å². The largest absolute Gasteiger partial charge is 0.480 e. The van der Waals surface area contributed by atoms with Crippen LogP contribution < -0.4 is 11.5 Å². The van der Waals surface area contributed by atoms with Gasteiger partial charge in [-0.3, -0.25) is 0 Å². The SMILES string of the molecule is NCCC[C@@](N)(C(=O)O)C(F)(F)F. The Kier molecular flexibility index (Phi) is 3.68. The maximum absolute atomic E-state index is 12.1. The number of alkyl halides is 3. The normalized spacial score (nSPS) is 16.7. The van der Waals surface area contributed by atoms with E-state index in [1.165, 1.54) is 0 Å². The Bertz CT molecular complexity index is 195. The molecule has 0 amide bonds. The molecule has 13 heavy (non-hydrogen) atoms. The third-order valence-electron chi connectivity index (χ3n) is 1.66. The molecule has 0 unspecified atom stereocenters. The van der Waals surface area contributed by atoms with Gasteiger partial charge in [-0.1, -0.05) is 0 Å². The molecule has 0 radical (unpaired) electrons. The van der Waals surface area contributed by atoms with E-state index >= 15 is 0 Å². The van der Waals surface area contributed by atoms with Crippen LogP contribution in [0.2, 0.25) is 0 Å². The van der Waals surface area contributed by atoms with Crippen LogP contribution in [0.1, 0.15) is 12.8 Å². The summed E-state index contributed by atoms with van der Waals surface area (Å²) in [5, 5.41) is 8.31. The fraction of sp³-hybridized carbons (Fsp3) is 0.833. The summed E-state index contributed by atoms with van der Waals surface area (Å²) in [7, 11) is 0. The first-order valence-electron chi connectivity index (χ1n) is 3.55. The van der Waals surface area contributed by atoms with E-state index in [4.69, 9.17) is 16.6 Å². The minimum absolute atomic E-state index is 0.0255. The predicted octanol–water partition coefficient (Wildman–Crippen LogP) is 0.0697. The Hall–Kier alpha value is -0.820. The first-order chi connectivity index (χ1) is 5.75. The van der Waals surface area contributed by atoms with Crippen LogP contribution in [0.4, 0.5) is 13.2 Å². The zero-order chi connectivity index (χ0) is 10.7. The molecule has 0 saturated heterocycles. The third-order valence-corrected chi connectivity index (χ3v) is 1.66. The van der Waals surface area contributed by atoms with E-state index in [0.717, 1.165) is 0 Å². The van der Waals surface area contributed by atoms with Gasteiger partial charge in [0.05, 0.1) is 0 Å². The summed E-state index contributed by atoms with van der Waals surface area (Å²) in [5.74, 6) is -2.08. The molecule has 0 rings (SSSR count). The van der Waals surface area contributed by atoms with E-state index in [9.17, 15) is 18.0 Å². The van der Waals surface area contributed by atoms with E-state index in [1.807, 2.05) is 0 Å². The van der Waals surface area contributed by atoms with Crippen molar-refractivity contribution in [3.05, 3.63) is 0 Å². The van der Waals surface area contributed by atoms with Crippen molar-refractivity contribution in [2.75, 3.05) is 6.54 Å². The van der Waals surface area contributed by atoms with Gasteiger partial charge < -0.3 is 16.6 Å². The van der Waals surface area contributed by atoms with E-state index in [1.54, 1.807) is 0 Å². The van der Waals surface area contributed by atoms with E-state index in [0.29, 0.717) is 0 Å². The lowest BCUT2D eigenvalue weighted by molar-refractivity contribution is -0.203. The first kappa shape index (κ1) is 12.2. The average Bonchev–Trinajstić information content (AvgIpc) is 1.97. The fourth-order valence-electron chi connectivity index (χ4n) is 0.751. The lowest BCUT2D eigenvalue weighted by Gasteiger charge is -2.26. The summed E-state index contributed by atoms with van der Waals surface area (Å²) in [6, 6.07) is 0. The molecule has 78 valence electrons. The Labute approximate surface area is 72.7 Å². The van der Waals surface area contributed by atoms with Crippen molar-refractivity contribution in [1.82, 2.24) is 0 Å². The number of carboxylic acids is 1. The molecule has 0 bridgehead atoms. The second kappa shape index (κ2) is 3.93. The standard InChI is InChI=1S/C6H11F3N2O2/c7-6(8,9)5(11,4(12)13)2-1-3-10/h1-3,10-11H2,(H,12,13)/t5-/m1/s1. The predicted molar refractivity (Wildman–Crippen MR) is 38.9 cm³/mol. The molecule has 0 aromatic heterocycles. The smallest absolute Gasteiger partial charge is 0.417 e. The van der Waals surface area contributed by atoms with Crippen LogP contribution in [0.25, 0.3) is 0 Å². The maximum Gasteiger partial charge on any atom is 0.417 e. The molecule has 5 N–H and O–H groups in total. The average molecular weight is 200 g/mol. The van der Waals surface area contributed by atoms with Crippen molar-refractivity contribution < 1.29 is 23.1 Å². The van der Waals surface area contributed by atoms with Crippen molar-refractivity contribution in [2.24, 2.45) is 11.5 Å². The summed E-state index contributed by atoms with van der Waals surface area (Å²) in [6.45, 7) is -0.0255. The van der Waals surface area contributed by atoms with E-state index in [2.05, 4.69) is 0 Å². The molecule has 7 heteroatoms. The Morgan fingerprint density at radius 3 is 2.08 bits per heavy atom. The van der Waals surface area contributed by atoms with E-state index < -0.39 is 24.1 Å². The van der Waals surface area contributed by atoms with Gasteiger partial charge in [-0.15, -0.1) is 0 Å². The molecule has 0 aliphatic rings. The number of aliphatic carboxylic acids is 1. The molecular formula is C6H11F3N2O2. The zero-order valence-corrected chi connectivity index (χ0v) is 6.77. The fourth-order valence-corrected chi connectivity index (χ4v) is 0.751. The van der Waals surface area contributed by atoms with E-state index in [-0.39, 0.29) is 13.0 Å². The quantitative estimate of drug-likeness (QED) is 0.599. The topological polar surface area (TPSA) is 89.3 Å². The van der Waals surface area contributed by atoms with Crippen molar-refractivity contribution in [2.45, 2.75) is 24.6 Å². The van der Waals surface area contributed by atoms with Gasteiger partial charge in [-0.2, -0.15) is 13.2 Å². The summed E-state index contributed by atoms with van der Waals surface area (Å²) < 4.78 is 36.4. The first-order valence-corrected chi connectivity index (χ1v) is 3.55. The van der Waals surface area contributed by atoms with Gasteiger partial charge >= 0.3 is 12.1 Å². The van der Waals surface area contributed by atoms with Gasteiger partial charge in [0.15, 0.2) is 0 Å². The van der Waals surface area contributed by atoms with Gasteiger partial charge in [-0.05, 0) is 19.4 Å². The molecule has 0 spiro atoms. The molecule has 0 saturated carbocycles. The molecular weight excluding hydrogens is 189 g/mol. The van der Waals surface area contributed by atoms with Crippen molar-refractivity contribution in [3.8, 4) is 0 Å². The number of hydrogen-bond acceptors (Lipinski definition) is 3. The highest BCUT2D eigenvalue weighted by Gasteiger charge is 2.57. The lowest BCUT2D eigenvalue weighted by Crippen LogP contribution is -2.59. The van der Waals surface area contributed by atoms with Crippen LogP contribution >= 0.6 is 0 Å². The molecule has 0 aliphatic carbocycles. The number of carbonyl (C=O) groups is 1. The second-order valence-electron chi connectivity index (χ2n) is 2.67. The number of rotatable bonds is 4. The summed E-state index contributed by atoms with van der Waals surface area (Å²) in [5.41, 5.74) is 6.51. The Balaban J connectivity index is 4.64. The molecule has 0 aromatic rings. The maximum atomic E-state index is 12.1. The van der Waals surface area contributed by atoms with Crippen molar-refractivity contribution >= 4 is 5.97 Å². The van der Waals surface area contributed by atoms with Crippen LogP contribution in [0.3, 0.4) is 0 Å². The lowest BCUT2D eigenvalue weighted by atomic mass is 9.94. The monoisotopic (exact) mass is 200 g/mol. The molecule has 4 nitrogen and oxygen atoms in total. The number of halogens is 3. The highest BCUT2D eigenvalue weighted by atomic mass is 19.4. The van der Waals surface area contributed by atoms with Crippen molar-refractivity contribution in [1.29, 1.82) is 0 Å². The zero-order valence-electron chi connectivity index (χ0n) is 6.77. The highest BCUT2D eigenvalue weighted by molar-refractivity contribution is 5.79. The van der Waals surface area contributed by atoms with Gasteiger partial charge in [0.1, 0.15) is 0 Å². The molecule has 0 fully saturated rings. The highest BCUT2D eigenvalue weighted by Crippen LogP contribution is 2.31. The van der Waals surface area contributed by atoms with Gasteiger partial charge in [0.2, 0.25) is 5.54 Å². The minimum Gasteiger partial charge on any atom is -0.480 e. The summed E-state index contributed by atoms with van der Waals surface area (Å²) in [4.78, 5) is 10.3. The Morgan fingerprint density at radius 1 is 1.38 bits per heavy atom. The van der Waals surface area contributed by atoms with Gasteiger partial charge in [0, 0.05) is 0 Å². The summed E-state index contributed by atoms with van der Waals surface area (Å²) in [6.07, 6.45) is -5.74. The summed E-state index contributed by atoms with van der Waals surface area (Å²) >= 11 is 0. The van der Waals surface area contributed by atoms with Gasteiger partial charge in [0.25, 0.3) is 0 Å². The van der Waals surface area contributed by atoms with Crippen LogP contribution in [0.5, 0.6) is 0 Å². The molecule has 0 aliphatic heterocycles. The van der Waals surface area contributed by atoms with Crippen LogP contribution in [0, 0.1) is 0 Å². The van der Waals surface area contributed by atoms with Crippen LogP contribution in [-0.4, -0.2) is 29.3 Å². The number of nitrogens with two attached hydrogens (primary N) is 2. The van der Waals surface area contributed by atoms with Gasteiger partial charge in [-0.25, -0.2) is 4.79 Å². The van der Waals surface area contributed by atoms with Crippen LogP contribution in [-0.2, 0) is 4.79 Å². The molecule has 0 heterocycles. The molecule has 1 atom stereocenters. The minimum atomic E-state index is -4.95. The second-order valence-corrected chi connectivity index (χ2v) is 2.67. The number of hydrogen-bond donors (Lipinski definition) is 3. The third kappa shape index (κ3) is 2.56. The number of carboxylic acid groups (broad SMARTS) is 1. The molecule has 0 aromatic carbocycles. The Morgan fingerprint density at radius 2 is 1.85 bits per heavy atom.